The number of hydrogen-bond acceptors (Lipinski definition) is 2. The van der Waals surface area contributed by atoms with Gasteiger partial charge in [-0.25, -0.2) is 4.98 Å². The van der Waals surface area contributed by atoms with Crippen LogP contribution < -0.4 is 0 Å². The number of benzene rings is 1. The highest BCUT2D eigenvalue weighted by Crippen LogP contribution is 2.48. The molecular formula is C16H19N3. The van der Waals surface area contributed by atoms with Gasteiger partial charge in [-0.1, -0.05) is 26.3 Å². The van der Waals surface area contributed by atoms with E-state index in [2.05, 4.69) is 37.6 Å². The second-order valence-corrected chi connectivity index (χ2v) is 6.25. The summed E-state index contributed by atoms with van der Waals surface area (Å²) >= 11 is 0. The molecule has 1 fully saturated rings. The van der Waals surface area contributed by atoms with Crippen molar-refractivity contribution in [2.75, 3.05) is 0 Å². The summed E-state index contributed by atoms with van der Waals surface area (Å²) in [6, 6.07) is 8.08. The van der Waals surface area contributed by atoms with Gasteiger partial charge in [0.25, 0.3) is 0 Å². The van der Waals surface area contributed by atoms with Gasteiger partial charge in [-0.15, -0.1) is 0 Å². The fourth-order valence-corrected chi connectivity index (χ4v) is 3.44. The van der Waals surface area contributed by atoms with E-state index >= 15 is 0 Å². The van der Waals surface area contributed by atoms with Crippen LogP contribution in [0.3, 0.4) is 0 Å². The smallest absolute Gasteiger partial charge is 0.113 e. The van der Waals surface area contributed by atoms with Crippen LogP contribution in [0.15, 0.2) is 18.2 Å². The number of hydrogen-bond donors (Lipinski definition) is 0. The van der Waals surface area contributed by atoms with Crippen LogP contribution in [0, 0.1) is 16.7 Å². The lowest BCUT2D eigenvalue weighted by Gasteiger charge is -2.26. The van der Waals surface area contributed by atoms with Crippen LogP contribution in [-0.2, 0) is 7.05 Å². The third-order valence-electron chi connectivity index (χ3n) is 4.64. The minimum Gasteiger partial charge on any atom is -0.331 e. The Labute approximate surface area is 113 Å². The summed E-state index contributed by atoms with van der Waals surface area (Å²) in [5.74, 6) is 1.64. The van der Waals surface area contributed by atoms with E-state index in [9.17, 15) is 5.26 Å². The number of fused-ring (bicyclic) bond motifs is 1. The molecule has 0 N–H and O–H groups in total. The molecule has 0 aliphatic heterocycles. The molecule has 0 radical (unpaired) electrons. The first kappa shape index (κ1) is 12.2. The molecule has 19 heavy (non-hydrogen) atoms. The van der Waals surface area contributed by atoms with Crippen LogP contribution in [0.25, 0.3) is 11.0 Å². The van der Waals surface area contributed by atoms with Crippen molar-refractivity contribution < 1.29 is 0 Å². The van der Waals surface area contributed by atoms with Crippen molar-refractivity contribution in [2.24, 2.45) is 12.5 Å². The summed E-state index contributed by atoms with van der Waals surface area (Å²) in [7, 11) is 2.07. The summed E-state index contributed by atoms with van der Waals surface area (Å²) < 4.78 is 2.17. The van der Waals surface area contributed by atoms with Crippen LogP contribution in [0.1, 0.15) is 50.4 Å². The van der Waals surface area contributed by atoms with Gasteiger partial charge in [0.15, 0.2) is 0 Å². The van der Waals surface area contributed by atoms with Gasteiger partial charge in [-0.2, -0.15) is 5.26 Å². The minimum atomic E-state index is 0.307. The Morgan fingerprint density at radius 3 is 2.84 bits per heavy atom. The molecule has 3 nitrogen and oxygen atoms in total. The lowest BCUT2D eigenvalue weighted by atomic mass is 9.81. The van der Waals surface area contributed by atoms with E-state index < -0.39 is 0 Å². The fraction of sp³-hybridized carbons (Fsp3) is 0.500. The molecule has 1 aromatic carbocycles. The Morgan fingerprint density at radius 1 is 1.42 bits per heavy atom. The van der Waals surface area contributed by atoms with Crippen LogP contribution in [0.2, 0.25) is 0 Å². The van der Waals surface area contributed by atoms with E-state index in [-0.39, 0.29) is 0 Å². The molecular weight excluding hydrogens is 234 g/mol. The Hall–Kier alpha value is -1.82. The van der Waals surface area contributed by atoms with Crippen LogP contribution in [0.5, 0.6) is 0 Å². The normalized spacial score (nSPS) is 21.7. The summed E-state index contributed by atoms with van der Waals surface area (Å²) in [4.78, 5) is 4.80. The number of imidazole rings is 1. The molecule has 98 valence electrons. The highest BCUT2D eigenvalue weighted by Gasteiger charge is 2.38. The molecule has 0 bridgehead atoms. The molecule has 1 aliphatic carbocycles. The highest BCUT2D eigenvalue weighted by atomic mass is 15.1. The SMILES string of the molecule is Cn1c(C2CCCC2(C)C)nc2c(C#N)cccc21. The molecule has 1 aliphatic rings. The van der Waals surface area contributed by atoms with Gasteiger partial charge in [0.05, 0.1) is 11.1 Å². The molecule has 1 heterocycles. The van der Waals surface area contributed by atoms with Crippen LogP contribution in [0.4, 0.5) is 0 Å². The van der Waals surface area contributed by atoms with Crippen molar-refractivity contribution in [3.8, 4) is 6.07 Å². The summed E-state index contributed by atoms with van der Waals surface area (Å²) in [5, 5.41) is 9.20. The average Bonchev–Trinajstić information content (AvgIpc) is 2.89. The zero-order chi connectivity index (χ0) is 13.6. The largest absolute Gasteiger partial charge is 0.331 e. The molecule has 0 saturated heterocycles. The monoisotopic (exact) mass is 253 g/mol. The van der Waals surface area contributed by atoms with Crippen molar-refractivity contribution in [1.82, 2.24) is 9.55 Å². The van der Waals surface area contributed by atoms with E-state index in [4.69, 9.17) is 4.98 Å². The second-order valence-electron chi connectivity index (χ2n) is 6.25. The predicted molar refractivity (Wildman–Crippen MR) is 75.8 cm³/mol. The Morgan fingerprint density at radius 2 is 2.21 bits per heavy atom. The first-order valence-corrected chi connectivity index (χ1v) is 6.90. The van der Waals surface area contributed by atoms with E-state index in [1.807, 2.05) is 12.1 Å². The Balaban J connectivity index is 2.21. The Bertz CT molecular complexity index is 673. The third-order valence-corrected chi connectivity index (χ3v) is 4.64. The molecule has 3 rings (SSSR count). The molecule has 0 amide bonds. The van der Waals surface area contributed by atoms with Gasteiger partial charge in [0.1, 0.15) is 17.4 Å². The van der Waals surface area contributed by atoms with E-state index in [1.54, 1.807) is 0 Å². The predicted octanol–water partition coefficient (Wildman–Crippen LogP) is 3.74. The van der Waals surface area contributed by atoms with E-state index in [1.165, 1.54) is 19.3 Å². The summed E-state index contributed by atoms with van der Waals surface area (Å²) in [5.41, 5.74) is 2.90. The van der Waals surface area contributed by atoms with Crippen molar-refractivity contribution in [3.63, 3.8) is 0 Å². The van der Waals surface area contributed by atoms with Gasteiger partial charge < -0.3 is 4.57 Å². The quantitative estimate of drug-likeness (QED) is 0.777. The maximum Gasteiger partial charge on any atom is 0.113 e. The number of rotatable bonds is 1. The Kier molecular flexibility index (Phi) is 2.63. The van der Waals surface area contributed by atoms with Gasteiger partial charge in [0.2, 0.25) is 0 Å². The third kappa shape index (κ3) is 1.74. The molecule has 1 saturated carbocycles. The zero-order valence-electron chi connectivity index (χ0n) is 11.8. The van der Waals surface area contributed by atoms with Crippen molar-refractivity contribution in [1.29, 1.82) is 5.26 Å². The maximum absolute atomic E-state index is 9.20. The van der Waals surface area contributed by atoms with Crippen LogP contribution >= 0.6 is 0 Å². The molecule has 0 spiro atoms. The van der Waals surface area contributed by atoms with Crippen molar-refractivity contribution in [2.45, 2.75) is 39.0 Å². The molecule has 1 unspecified atom stereocenters. The standard InChI is InChI=1S/C16H19N3/c1-16(2)9-5-7-12(16)15-18-14-11(10-17)6-4-8-13(14)19(15)3/h4,6,8,12H,5,7,9H2,1-3H3. The van der Waals surface area contributed by atoms with Crippen LogP contribution in [-0.4, -0.2) is 9.55 Å². The summed E-state index contributed by atoms with van der Waals surface area (Å²) in [6.45, 7) is 4.66. The fourth-order valence-electron chi connectivity index (χ4n) is 3.44. The molecule has 1 aromatic heterocycles. The van der Waals surface area contributed by atoms with Gasteiger partial charge in [0, 0.05) is 13.0 Å². The van der Waals surface area contributed by atoms with E-state index in [0.29, 0.717) is 16.9 Å². The van der Waals surface area contributed by atoms with E-state index in [0.717, 1.165) is 16.9 Å². The summed E-state index contributed by atoms with van der Waals surface area (Å²) in [6.07, 6.45) is 3.73. The van der Waals surface area contributed by atoms with Crippen molar-refractivity contribution >= 4 is 11.0 Å². The van der Waals surface area contributed by atoms with Gasteiger partial charge in [-0.3, -0.25) is 0 Å². The topological polar surface area (TPSA) is 41.6 Å². The van der Waals surface area contributed by atoms with Gasteiger partial charge >= 0.3 is 0 Å². The van der Waals surface area contributed by atoms with Gasteiger partial charge in [-0.05, 0) is 30.4 Å². The number of nitriles is 1. The van der Waals surface area contributed by atoms with Crippen molar-refractivity contribution in [3.05, 3.63) is 29.6 Å². The highest BCUT2D eigenvalue weighted by molar-refractivity contribution is 5.82. The molecule has 3 heteroatoms. The molecule has 2 aromatic rings. The lowest BCUT2D eigenvalue weighted by molar-refractivity contribution is 0.318. The number of nitrogens with zero attached hydrogens (tertiary/aromatic N) is 3. The second kappa shape index (κ2) is 4.09. The lowest BCUT2D eigenvalue weighted by Crippen LogP contribution is -2.18. The minimum absolute atomic E-state index is 0.307. The average molecular weight is 253 g/mol. The first-order chi connectivity index (χ1) is 9.04. The zero-order valence-corrected chi connectivity index (χ0v) is 11.8. The number of aryl methyl sites for hydroxylation is 1. The number of para-hydroxylation sites is 1. The maximum atomic E-state index is 9.20. The number of aromatic nitrogens is 2. The molecule has 1 atom stereocenters. The first-order valence-electron chi connectivity index (χ1n) is 6.90.